The Balaban J connectivity index is 0.000000671. The van der Waals surface area contributed by atoms with Gasteiger partial charge in [-0.25, -0.2) is 0 Å². The van der Waals surface area contributed by atoms with Crippen molar-refractivity contribution in [1.29, 1.82) is 0 Å². The van der Waals surface area contributed by atoms with Crippen LogP contribution < -0.4 is 0 Å². The van der Waals surface area contributed by atoms with Gasteiger partial charge in [0.05, 0.1) is 6.61 Å². The Hall–Kier alpha value is -0.340. The molecule has 1 aromatic heterocycles. The van der Waals surface area contributed by atoms with Gasteiger partial charge in [0.25, 0.3) is 0 Å². The van der Waals surface area contributed by atoms with E-state index in [9.17, 15) is 0 Å². The summed E-state index contributed by atoms with van der Waals surface area (Å²) in [6.07, 6.45) is 0. The van der Waals surface area contributed by atoms with Crippen LogP contribution in [0.4, 0.5) is 0 Å². The quantitative estimate of drug-likeness (QED) is 0.715. The standard InChI is InChI=1S/C9H14OS.C2H6/c1-8(2)6-10-7-9-4-3-5-11-9;1-2/h3-5,8H,6-7H2,1-2H3;1-2H3. The highest BCUT2D eigenvalue weighted by atomic mass is 32.1. The maximum atomic E-state index is 5.45. The Labute approximate surface area is 85.7 Å². The monoisotopic (exact) mass is 200 g/mol. The molecule has 0 radical (unpaired) electrons. The lowest BCUT2D eigenvalue weighted by molar-refractivity contribution is 0.0989. The molecule has 0 fully saturated rings. The van der Waals surface area contributed by atoms with Crippen LogP contribution in [0.5, 0.6) is 0 Å². The first kappa shape index (κ1) is 12.7. The summed E-state index contributed by atoms with van der Waals surface area (Å²) in [5.74, 6) is 0.634. The summed E-state index contributed by atoms with van der Waals surface area (Å²) >= 11 is 1.75. The van der Waals surface area contributed by atoms with Crippen LogP contribution in [0.3, 0.4) is 0 Å². The third kappa shape index (κ3) is 6.79. The van der Waals surface area contributed by atoms with Gasteiger partial charge in [0.1, 0.15) is 0 Å². The highest BCUT2D eigenvalue weighted by Gasteiger charge is 1.95. The molecule has 0 atom stereocenters. The molecule has 0 spiro atoms. The maximum absolute atomic E-state index is 5.45. The zero-order valence-corrected chi connectivity index (χ0v) is 9.86. The lowest BCUT2D eigenvalue weighted by Crippen LogP contribution is -2.00. The van der Waals surface area contributed by atoms with Gasteiger partial charge in [-0.1, -0.05) is 33.8 Å². The van der Waals surface area contributed by atoms with E-state index in [0.717, 1.165) is 13.2 Å². The Bertz CT molecular complexity index is 180. The average Bonchev–Trinajstić information content (AvgIpc) is 2.60. The third-order valence-corrected chi connectivity index (χ3v) is 2.13. The number of thiophene rings is 1. The predicted octanol–water partition coefficient (Wildman–Crippen LogP) is 3.95. The lowest BCUT2D eigenvalue weighted by atomic mass is 10.2. The van der Waals surface area contributed by atoms with E-state index >= 15 is 0 Å². The fourth-order valence-corrected chi connectivity index (χ4v) is 1.43. The van der Waals surface area contributed by atoms with Crippen LogP contribution in [0, 0.1) is 5.92 Å². The molecule has 0 amide bonds. The first-order valence-corrected chi connectivity index (χ1v) is 5.77. The topological polar surface area (TPSA) is 9.23 Å². The van der Waals surface area contributed by atoms with Crippen molar-refractivity contribution < 1.29 is 4.74 Å². The summed E-state index contributed by atoms with van der Waals surface area (Å²) in [6, 6.07) is 4.16. The summed E-state index contributed by atoms with van der Waals surface area (Å²) < 4.78 is 5.45. The lowest BCUT2D eigenvalue weighted by Gasteiger charge is -2.04. The first-order chi connectivity index (χ1) is 6.29. The second-order valence-electron chi connectivity index (χ2n) is 2.99. The van der Waals surface area contributed by atoms with Crippen LogP contribution in [-0.2, 0) is 11.3 Å². The van der Waals surface area contributed by atoms with Gasteiger partial charge < -0.3 is 4.74 Å². The van der Waals surface area contributed by atoms with E-state index in [1.54, 1.807) is 11.3 Å². The highest BCUT2D eigenvalue weighted by molar-refractivity contribution is 7.09. The number of hydrogen-bond acceptors (Lipinski definition) is 2. The Morgan fingerprint density at radius 3 is 2.54 bits per heavy atom. The number of rotatable bonds is 4. The van der Waals surface area contributed by atoms with Gasteiger partial charge >= 0.3 is 0 Å². The molecular formula is C11H20OS. The van der Waals surface area contributed by atoms with Crippen molar-refractivity contribution in [2.24, 2.45) is 5.92 Å². The van der Waals surface area contributed by atoms with E-state index < -0.39 is 0 Å². The van der Waals surface area contributed by atoms with Crippen molar-refractivity contribution in [2.45, 2.75) is 34.3 Å². The molecule has 1 rings (SSSR count). The zero-order chi connectivity index (χ0) is 10.1. The molecule has 0 aromatic carbocycles. The second-order valence-corrected chi connectivity index (χ2v) is 4.02. The third-order valence-electron chi connectivity index (χ3n) is 1.28. The van der Waals surface area contributed by atoms with Crippen LogP contribution in [-0.4, -0.2) is 6.61 Å². The molecular weight excluding hydrogens is 180 g/mol. The Morgan fingerprint density at radius 2 is 2.08 bits per heavy atom. The highest BCUT2D eigenvalue weighted by Crippen LogP contribution is 2.09. The summed E-state index contributed by atoms with van der Waals surface area (Å²) in [7, 11) is 0. The minimum atomic E-state index is 0.634. The normalized spacial score (nSPS) is 9.62. The van der Waals surface area contributed by atoms with Crippen LogP contribution in [0.1, 0.15) is 32.6 Å². The Kier molecular flexibility index (Phi) is 8.05. The molecule has 76 valence electrons. The van der Waals surface area contributed by atoms with Crippen molar-refractivity contribution in [3.8, 4) is 0 Å². The maximum Gasteiger partial charge on any atom is 0.0809 e. The van der Waals surface area contributed by atoms with Gasteiger partial charge in [-0.2, -0.15) is 0 Å². The van der Waals surface area contributed by atoms with Crippen LogP contribution in [0.2, 0.25) is 0 Å². The van der Waals surface area contributed by atoms with Gasteiger partial charge in [0.2, 0.25) is 0 Å². The summed E-state index contributed by atoms with van der Waals surface area (Å²) in [5, 5.41) is 2.08. The molecule has 1 nitrogen and oxygen atoms in total. The molecule has 13 heavy (non-hydrogen) atoms. The summed E-state index contributed by atoms with van der Waals surface area (Å²) in [4.78, 5) is 1.31. The van der Waals surface area contributed by atoms with E-state index in [2.05, 4.69) is 31.4 Å². The molecule has 0 aliphatic rings. The molecule has 0 unspecified atom stereocenters. The van der Waals surface area contributed by atoms with Gasteiger partial charge in [-0.05, 0) is 17.4 Å². The van der Waals surface area contributed by atoms with Gasteiger partial charge in [-0.3, -0.25) is 0 Å². The van der Waals surface area contributed by atoms with E-state index in [1.807, 2.05) is 13.8 Å². The summed E-state index contributed by atoms with van der Waals surface area (Å²) in [5.41, 5.74) is 0. The minimum Gasteiger partial charge on any atom is -0.376 e. The summed E-state index contributed by atoms with van der Waals surface area (Å²) in [6.45, 7) is 9.95. The van der Waals surface area contributed by atoms with Crippen LogP contribution in [0.15, 0.2) is 17.5 Å². The number of hydrogen-bond donors (Lipinski definition) is 0. The van der Waals surface area contributed by atoms with Gasteiger partial charge in [-0.15, -0.1) is 11.3 Å². The van der Waals surface area contributed by atoms with Crippen molar-refractivity contribution in [3.63, 3.8) is 0 Å². The molecule has 0 saturated carbocycles. The fourth-order valence-electron chi connectivity index (χ4n) is 0.790. The van der Waals surface area contributed by atoms with Crippen LogP contribution in [0.25, 0.3) is 0 Å². The molecule has 1 aromatic rings. The second kappa shape index (κ2) is 8.27. The van der Waals surface area contributed by atoms with E-state index in [4.69, 9.17) is 4.74 Å². The average molecular weight is 200 g/mol. The molecule has 0 saturated heterocycles. The molecule has 0 aliphatic heterocycles. The molecule has 2 heteroatoms. The molecule has 0 N–H and O–H groups in total. The fraction of sp³-hybridized carbons (Fsp3) is 0.636. The van der Waals surface area contributed by atoms with E-state index in [1.165, 1.54) is 4.88 Å². The van der Waals surface area contributed by atoms with Crippen molar-refractivity contribution in [1.82, 2.24) is 0 Å². The molecule has 0 bridgehead atoms. The smallest absolute Gasteiger partial charge is 0.0809 e. The van der Waals surface area contributed by atoms with Gasteiger partial charge in [0, 0.05) is 11.5 Å². The van der Waals surface area contributed by atoms with E-state index in [0.29, 0.717) is 5.92 Å². The number of ether oxygens (including phenoxy) is 1. The predicted molar refractivity (Wildman–Crippen MR) is 60.2 cm³/mol. The SMILES string of the molecule is CC.CC(C)COCc1cccs1. The van der Waals surface area contributed by atoms with Crippen molar-refractivity contribution in [3.05, 3.63) is 22.4 Å². The van der Waals surface area contributed by atoms with Crippen molar-refractivity contribution >= 4 is 11.3 Å². The Morgan fingerprint density at radius 1 is 1.38 bits per heavy atom. The molecule has 0 aliphatic carbocycles. The van der Waals surface area contributed by atoms with Crippen LogP contribution >= 0.6 is 11.3 Å². The van der Waals surface area contributed by atoms with E-state index in [-0.39, 0.29) is 0 Å². The first-order valence-electron chi connectivity index (χ1n) is 4.89. The van der Waals surface area contributed by atoms with Gasteiger partial charge in [0.15, 0.2) is 0 Å². The zero-order valence-electron chi connectivity index (χ0n) is 9.04. The largest absolute Gasteiger partial charge is 0.376 e. The van der Waals surface area contributed by atoms with Crippen molar-refractivity contribution in [2.75, 3.05) is 6.61 Å². The minimum absolute atomic E-state index is 0.634. The molecule has 1 heterocycles.